The van der Waals surface area contributed by atoms with Crippen LogP contribution >= 0.6 is 0 Å². The molecular formula is C16H16N4. The lowest BCUT2D eigenvalue weighted by Crippen LogP contribution is -2.47. The van der Waals surface area contributed by atoms with Gasteiger partial charge in [0.2, 0.25) is 0 Å². The monoisotopic (exact) mass is 264 g/mol. The van der Waals surface area contributed by atoms with E-state index >= 15 is 0 Å². The molecule has 1 aromatic carbocycles. The highest BCUT2D eigenvalue weighted by molar-refractivity contribution is 5.55. The van der Waals surface area contributed by atoms with Crippen LogP contribution in [0, 0.1) is 11.3 Å². The summed E-state index contributed by atoms with van der Waals surface area (Å²) in [4.78, 5) is 8.91. The number of benzene rings is 1. The van der Waals surface area contributed by atoms with Crippen LogP contribution in [-0.4, -0.2) is 31.2 Å². The Kier molecular flexibility index (Phi) is 3.51. The molecule has 0 unspecified atom stereocenters. The first-order valence-electron chi connectivity index (χ1n) is 6.78. The number of aromatic nitrogens is 1. The molecule has 1 aliphatic heterocycles. The van der Waals surface area contributed by atoms with Crippen molar-refractivity contribution in [3.05, 3.63) is 54.2 Å². The number of hydrogen-bond acceptors (Lipinski definition) is 4. The molecule has 4 nitrogen and oxygen atoms in total. The van der Waals surface area contributed by atoms with Gasteiger partial charge in [0.05, 0.1) is 5.56 Å². The van der Waals surface area contributed by atoms with Crippen LogP contribution in [-0.2, 0) is 0 Å². The van der Waals surface area contributed by atoms with Crippen molar-refractivity contribution in [1.29, 1.82) is 5.26 Å². The Bertz CT molecular complexity index is 610. The quantitative estimate of drug-likeness (QED) is 0.834. The Morgan fingerprint density at radius 3 is 2.30 bits per heavy atom. The summed E-state index contributed by atoms with van der Waals surface area (Å²) in [6.07, 6.45) is 1.75. The molecule has 0 spiro atoms. The third-order valence-corrected chi connectivity index (χ3v) is 3.61. The molecule has 4 heteroatoms. The van der Waals surface area contributed by atoms with Gasteiger partial charge in [0.15, 0.2) is 0 Å². The summed E-state index contributed by atoms with van der Waals surface area (Å²) in [6.45, 7) is 3.68. The number of piperazine rings is 1. The summed E-state index contributed by atoms with van der Waals surface area (Å²) in [5.74, 6) is 0.808. The minimum Gasteiger partial charge on any atom is -0.368 e. The van der Waals surface area contributed by atoms with E-state index in [4.69, 9.17) is 5.26 Å². The van der Waals surface area contributed by atoms with E-state index < -0.39 is 0 Å². The van der Waals surface area contributed by atoms with E-state index in [1.807, 2.05) is 18.2 Å². The summed E-state index contributed by atoms with van der Waals surface area (Å²) in [5, 5.41) is 9.15. The minimum atomic E-state index is 0.653. The average Bonchev–Trinajstić information content (AvgIpc) is 2.56. The zero-order valence-corrected chi connectivity index (χ0v) is 11.2. The Morgan fingerprint density at radius 1 is 0.900 bits per heavy atom. The van der Waals surface area contributed by atoms with Crippen LogP contribution in [0.1, 0.15) is 5.56 Å². The van der Waals surface area contributed by atoms with Crippen LogP contribution < -0.4 is 9.80 Å². The summed E-state index contributed by atoms with van der Waals surface area (Å²) < 4.78 is 0. The van der Waals surface area contributed by atoms with Crippen LogP contribution in [0.3, 0.4) is 0 Å². The van der Waals surface area contributed by atoms with Crippen molar-refractivity contribution in [3.8, 4) is 6.07 Å². The molecule has 100 valence electrons. The highest BCUT2D eigenvalue weighted by atomic mass is 15.3. The number of anilines is 2. The number of nitriles is 1. The van der Waals surface area contributed by atoms with Gasteiger partial charge >= 0.3 is 0 Å². The molecule has 0 aliphatic carbocycles. The predicted octanol–water partition coefficient (Wildman–Crippen LogP) is 2.28. The van der Waals surface area contributed by atoms with Crippen molar-refractivity contribution in [2.45, 2.75) is 0 Å². The van der Waals surface area contributed by atoms with Crippen LogP contribution in [0.5, 0.6) is 0 Å². The van der Waals surface area contributed by atoms with Gasteiger partial charge in [0.25, 0.3) is 0 Å². The Morgan fingerprint density at radius 2 is 1.60 bits per heavy atom. The molecule has 2 aromatic rings. The molecule has 1 aliphatic rings. The van der Waals surface area contributed by atoms with Crippen LogP contribution in [0.4, 0.5) is 11.5 Å². The Balaban J connectivity index is 1.72. The normalized spacial score (nSPS) is 14.9. The van der Waals surface area contributed by atoms with E-state index in [0.717, 1.165) is 32.0 Å². The summed E-state index contributed by atoms with van der Waals surface area (Å²) in [6, 6.07) is 16.3. The van der Waals surface area contributed by atoms with Crippen molar-refractivity contribution < 1.29 is 0 Å². The lowest BCUT2D eigenvalue weighted by atomic mass is 10.2. The maximum Gasteiger partial charge on any atom is 0.146 e. The van der Waals surface area contributed by atoms with Crippen LogP contribution in [0.25, 0.3) is 0 Å². The zero-order valence-electron chi connectivity index (χ0n) is 11.2. The number of pyridine rings is 1. The number of para-hydroxylation sites is 1. The summed E-state index contributed by atoms with van der Waals surface area (Å²) >= 11 is 0. The molecule has 20 heavy (non-hydrogen) atoms. The maximum absolute atomic E-state index is 9.15. The fourth-order valence-electron chi connectivity index (χ4n) is 2.55. The molecule has 2 heterocycles. The Hall–Kier alpha value is -2.54. The third-order valence-electron chi connectivity index (χ3n) is 3.61. The molecule has 0 amide bonds. The van der Waals surface area contributed by atoms with Gasteiger partial charge in [-0.3, -0.25) is 0 Å². The van der Waals surface area contributed by atoms with Gasteiger partial charge in [-0.05, 0) is 24.3 Å². The number of nitrogens with zero attached hydrogens (tertiary/aromatic N) is 4. The summed E-state index contributed by atoms with van der Waals surface area (Å²) in [7, 11) is 0. The molecule has 1 saturated heterocycles. The van der Waals surface area contributed by atoms with Gasteiger partial charge in [-0.25, -0.2) is 4.98 Å². The molecule has 0 atom stereocenters. The fraction of sp³-hybridized carbons (Fsp3) is 0.250. The second-order valence-electron chi connectivity index (χ2n) is 4.80. The first-order chi connectivity index (χ1) is 9.88. The lowest BCUT2D eigenvalue weighted by Gasteiger charge is -2.37. The first kappa shape index (κ1) is 12.5. The van der Waals surface area contributed by atoms with Gasteiger partial charge in [0.1, 0.15) is 11.9 Å². The lowest BCUT2D eigenvalue weighted by molar-refractivity contribution is 0.647. The predicted molar refractivity (Wildman–Crippen MR) is 79.8 cm³/mol. The standard InChI is InChI=1S/C16H16N4/c17-13-14-5-4-8-18-16(14)20-11-9-19(10-12-20)15-6-2-1-3-7-15/h1-8H,9-12H2. The highest BCUT2D eigenvalue weighted by Crippen LogP contribution is 2.21. The van der Waals surface area contributed by atoms with Crippen LogP contribution in [0.2, 0.25) is 0 Å². The van der Waals surface area contributed by atoms with Crippen molar-refractivity contribution in [1.82, 2.24) is 4.98 Å². The SMILES string of the molecule is N#Cc1cccnc1N1CCN(c2ccccc2)CC1. The van der Waals surface area contributed by atoms with Gasteiger partial charge in [-0.2, -0.15) is 5.26 Å². The maximum atomic E-state index is 9.15. The fourth-order valence-corrected chi connectivity index (χ4v) is 2.55. The van der Waals surface area contributed by atoms with E-state index in [0.29, 0.717) is 5.56 Å². The van der Waals surface area contributed by atoms with E-state index in [1.54, 1.807) is 6.20 Å². The topological polar surface area (TPSA) is 43.2 Å². The van der Waals surface area contributed by atoms with Gasteiger partial charge < -0.3 is 9.80 Å². The van der Waals surface area contributed by atoms with Gasteiger partial charge in [0, 0.05) is 38.1 Å². The van der Waals surface area contributed by atoms with Crippen molar-refractivity contribution in [2.24, 2.45) is 0 Å². The number of rotatable bonds is 2. The van der Waals surface area contributed by atoms with E-state index in [1.165, 1.54) is 5.69 Å². The summed E-state index contributed by atoms with van der Waals surface area (Å²) in [5.41, 5.74) is 1.91. The first-order valence-corrected chi connectivity index (χ1v) is 6.78. The van der Waals surface area contributed by atoms with Crippen molar-refractivity contribution in [2.75, 3.05) is 36.0 Å². The third kappa shape index (κ3) is 2.43. The van der Waals surface area contributed by atoms with Crippen molar-refractivity contribution in [3.63, 3.8) is 0 Å². The molecule has 3 rings (SSSR count). The smallest absolute Gasteiger partial charge is 0.146 e. The molecule has 0 bridgehead atoms. The number of hydrogen-bond donors (Lipinski definition) is 0. The van der Waals surface area contributed by atoms with Crippen molar-refractivity contribution >= 4 is 11.5 Å². The molecule has 0 N–H and O–H groups in total. The molecule has 1 fully saturated rings. The largest absolute Gasteiger partial charge is 0.368 e. The van der Waals surface area contributed by atoms with Gasteiger partial charge in [-0.15, -0.1) is 0 Å². The zero-order chi connectivity index (χ0) is 13.8. The second kappa shape index (κ2) is 5.62. The molecular weight excluding hydrogens is 248 g/mol. The van der Waals surface area contributed by atoms with E-state index in [-0.39, 0.29) is 0 Å². The van der Waals surface area contributed by atoms with Gasteiger partial charge in [-0.1, -0.05) is 18.2 Å². The highest BCUT2D eigenvalue weighted by Gasteiger charge is 2.20. The minimum absolute atomic E-state index is 0.653. The second-order valence-corrected chi connectivity index (χ2v) is 4.80. The van der Waals surface area contributed by atoms with E-state index in [9.17, 15) is 0 Å². The Labute approximate surface area is 118 Å². The molecule has 0 saturated carbocycles. The van der Waals surface area contributed by atoms with Crippen LogP contribution in [0.15, 0.2) is 48.7 Å². The van der Waals surface area contributed by atoms with E-state index in [2.05, 4.69) is 45.1 Å². The average molecular weight is 264 g/mol. The molecule has 1 aromatic heterocycles. The molecule has 0 radical (unpaired) electrons.